The first-order chi connectivity index (χ1) is 10.0. The average Bonchev–Trinajstić information content (AvgIpc) is 2.90. The number of carbonyl (C=O) groups is 2. The van der Waals surface area contributed by atoms with Crippen molar-refractivity contribution in [2.24, 2.45) is 5.73 Å². The van der Waals surface area contributed by atoms with Gasteiger partial charge in [-0.3, -0.25) is 4.79 Å². The number of nitrogens with two attached hydrogens (primary N) is 1. The van der Waals surface area contributed by atoms with Gasteiger partial charge in [0.05, 0.1) is 18.6 Å². The summed E-state index contributed by atoms with van der Waals surface area (Å²) in [6.45, 7) is 0. The lowest BCUT2D eigenvalue weighted by molar-refractivity contribution is -0.137. The molecule has 1 atom stereocenters. The standard InChI is InChI=1S/C15H20N2O4/c16-15(20)17-13(9-14(18)19)10-5-7-12(8-6-10)21-11-3-1-2-4-11/h5-8,11,13H,1-4,9H2,(H,18,19)(H3,16,17,20). The lowest BCUT2D eigenvalue weighted by atomic mass is 10.0. The van der Waals surface area contributed by atoms with Gasteiger partial charge in [-0.05, 0) is 43.4 Å². The first kappa shape index (κ1) is 15.2. The topological polar surface area (TPSA) is 102 Å². The van der Waals surface area contributed by atoms with Gasteiger partial charge >= 0.3 is 12.0 Å². The molecule has 1 aliphatic carbocycles. The Morgan fingerprint density at radius 2 is 1.90 bits per heavy atom. The normalized spacial score (nSPS) is 16.4. The van der Waals surface area contributed by atoms with Crippen LogP contribution in [0.3, 0.4) is 0 Å². The van der Waals surface area contributed by atoms with Gasteiger partial charge in [0.25, 0.3) is 0 Å². The highest BCUT2D eigenvalue weighted by molar-refractivity contribution is 5.74. The predicted octanol–water partition coefficient (Wildman–Crippen LogP) is 2.19. The molecule has 6 heteroatoms. The number of rotatable bonds is 6. The highest BCUT2D eigenvalue weighted by atomic mass is 16.5. The monoisotopic (exact) mass is 292 g/mol. The van der Waals surface area contributed by atoms with E-state index < -0.39 is 18.0 Å². The van der Waals surface area contributed by atoms with E-state index in [1.54, 1.807) is 24.3 Å². The molecule has 0 spiro atoms. The Balaban J connectivity index is 2.03. The predicted molar refractivity (Wildman–Crippen MR) is 77.0 cm³/mol. The number of nitrogens with one attached hydrogen (secondary N) is 1. The Morgan fingerprint density at radius 1 is 1.29 bits per heavy atom. The molecule has 0 heterocycles. The quantitative estimate of drug-likeness (QED) is 0.748. The number of amides is 2. The number of carboxylic acid groups (broad SMARTS) is 1. The minimum atomic E-state index is -1.000. The van der Waals surface area contributed by atoms with Crippen LogP contribution in [0, 0.1) is 0 Å². The number of hydrogen-bond donors (Lipinski definition) is 3. The van der Waals surface area contributed by atoms with Crippen LogP contribution >= 0.6 is 0 Å². The van der Waals surface area contributed by atoms with Crippen molar-refractivity contribution in [3.05, 3.63) is 29.8 Å². The maximum Gasteiger partial charge on any atom is 0.312 e. The van der Waals surface area contributed by atoms with Crippen molar-refractivity contribution in [1.82, 2.24) is 5.32 Å². The summed E-state index contributed by atoms with van der Waals surface area (Å²) in [5.74, 6) is -0.237. The first-order valence-electron chi connectivity index (χ1n) is 7.09. The van der Waals surface area contributed by atoms with Gasteiger partial charge < -0.3 is 20.9 Å². The number of aliphatic carboxylic acids is 1. The van der Waals surface area contributed by atoms with E-state index in [9.17, 15) is 9.59 Å². The van der Waals surface area contributed by atoms with Crippen molar-refractivity contribution in [3.63, 3.8) is 0 Å². The second-order valence-corrected chi connectivity index (χ2v) is 5.25. The van der Waals surface area contributed by atoms with E-state index >= 15 is 0 Å². The molecule has 2 amide bonds. The van der Waals surface area contributed by atoms with E-state index in [1.165, 1.54) is 12.8 Å². The Kier molecular flexibility index (Phi) is 5.03. The zero-order chi connectivity index (χ0) is 15.2. The molecule has 1 aromatic rings. The maximum absolute atomic E-state index is 11.0. The van der Waals surface area contributed by atoms with Crippen LogP contribution in [0.2, 0.25) is 0 Å². The molecule has 21 heavy (non-hydrogen) atoms. The van der Waals surface area contributed by atoms with Crippen molar-refractivity contribution in [2.75, 3.05) is 0 Å². The van der Waals surface area contributed by atoms with E-state index in [4.69, 9.17) is 15.6 Å². The molecule has 0 aromatic heterocycles. The van der Waals surface area contributed by atoms with E-state index in [1.807, 2.05) is 0 Å². The van der Waals surface area contributed by atoms with Gasteiger partial charge in [-0.2, -0.15) is 0 Å². The van der Waals surface area contributed by atoms with Crippen LogP contribution in [0.1, 0.15) is 43.7 Å². The third-order valence-corrected chi connectivity index (χ3v) is 3.58. The fraction of sp³-hybridized carbons (Fsp3) is 0.467. The van der Waals surface area contributed by atoms with Crippen LogP contribution in [0.25, 0.3) is 0 Å². The first-order valence-corrected chi connectivity index (χ1v) is 7.09. The molecular weight excluding hydrogens is 272 g/mol. The van der Waals surface area contributed by atoms with Crippen molar-refractivity contribution >= 4 is 12.0 Å². The summed E-state index contributed by atoms with van der Waals surface area (Å²) in [6.07, 6.45) is 4.61. The summed E-state index contributed by atoms with van der Waals surface area (Å²) in [5, 5.41) is 11.3. The van der Waals surface area contributed by atoms with Gasteiger partial charge in [-0.15, -0.1) is 0 Å². The molecule has 0 bridgehead atoms. The molecule has 2 rings (SSSR count). The lowest BCUT2D eigenvalue weighted by Gasteiger charge is -2.17. The SMILES string of the molecule is NC(=O)NC(CC(=O)O)c1ccc(OC2CCCC2)cc1. The molecule has 1 aliphatic rings. The van der Waals surface area contributed by atoms with Crippen molar-refractivity contribution in [2.45, 2.75) is 44.2 Å². The highest BCUT2D eigenvalue weighted by Crippen LogP contribution is 2.26. The van der Waals surface area contributed by atoms with Gasteiger partial charge in [0, 0.05) is 0 Å². The molecule has 4 N–H and O–H groups in total. The smallest absolute Gasteiger partial charge is 0.312 e. The number of carbonyl (C=O) groups excluding carboxylic acids is 1. The average molecular weight is 292 g/mol. The van der Waals surface area contributed by atoms with Gasteiger partial charge in [0.1, 0.15) is 5.75 Å². The van der Waals surface area contributed by atoms with E-state index in [0.29, 0.717) is 5.56 Å². The van der Waals surface area contributed by atoms with Crippen molar-refractivity contribution in [1.29, 1.82) is 0 Å². The van der Waals surface area contributed by atoms with E-state index in [0.717, 1.165) is 18.6 Å². The number of hydrogen-bond acceptors (Lipinski definition) is 3. The third-order valence-electron chi connectivity index (χ3n) is 3.58. The molecule has 6 nitrogen and oxygen atoms in total. The maximum atomic E-state index is 11.0. The molecule has 1 fully saturated rings. The molecule has 1 unspecified atom stereocenters. The number of urea groups is 1. The Labute approximate surface area is 123 Å². The zero-order valence-electron chi connectivity index (χ0n) is 11.7. The van der Waals surface area contributed by atoms with Crippen LogP contribution < -0.4 is 15.8 Å². The fourth-order valence-electron chi connectivity index (χ4n) is 2.58. The minimum absolute atomic E-state index is 0.216. The summed E-state index contributed by atoms with van der Waals surface area (Å²) < 4.78 is 5.84. The van der Waals surface area contributed by atoms with Gasteiger partial charge in [-0.25, -0.2) is 4.79 Å². The van der Waals surface area contributed by atoms with Gasteiger partial charge in [-0.1, -0.05) is 12.1 Å². The summed E-state index contributed by atoms with van der Waals surface area (Å²) in [7, 11) is 0. The lowest BCUT2D eigenvalue weighted by Crippen LogP contribution is -2.34. The van der Waals surface area contributed by atoms with Crippen molar-refractivity contribution < 1.29 is 19.4 Å². The number of ether oxygens (including phenoxy) is 1. The number of benzene rings is 1. The molecule has 1 aromatic carbocycles. The van der Waals surface area contributed by atoms with Crippen LogP contribution in [0.5, 0.6) is 5.75 Å². The summed E-state index contributed by atoms with van der Waals surface area (Å²) in [5.41, 5.74) is 5.77. The second kappa shape index (κ2) is 6.97. The van der Waals surface area contributed by atoms with E-state index in [-0.39, 0.29) is 12.5 Å². The molecular formula is C15H20N2O4. The fourth-order valence-corrected chi connectivity index (χ4v) is 2.58. The van der Waals surface area contributed by atoms with E-state index in [2.05, 4.69) is 5.32 Å². The summed E-state index contributed by atoms with van der Waals surface area (Å²) in [6, 6.07) is 5.73. The molecule has 0 radical (unpaired) electrons. The van der Waals surface area contributed by atoms with Crippen LogP contribution in [-0.2, 0) is 4.79 Å². The van der Waals surface area contributed by atoms with Crippen LogP contribution in [-0.4, -0.2) is 23.2 Å². The molecule has 0 saturated heterocycles. The minimum Gasteiger partial charge on any atom is -0.490 e. The van der Waals surface area contributed by atoms with Crippen molar-refractivity contribution in [3.8, 4) is 5.75 Å². The number of carboxylic acids is 1. The number of primary amides is 1. The second-order valence-electron chi connectivity index (χ2n) is 5.25. The Bertz CT molecular complexity index is 479. The van der Waals surface area contributed by atoms with Gasteiger partial charge in [0.15, 0.2) is 0 Å². The van der Waals surface area contributed by atoms with Gasteiger partial charge in [0.2, 0.25) is 0 Å². The Hall–Kier alpha value is -2.24. The summed E-state index contributed by atoms with van der Waals surface area (Å²) in [4.78, 5) is 21.8. The molecule has 0 aliphatic heterocycles. The Morgan fingerprint density at radius 3 is 2.43 bits per heavy atom. The molecule has 114 valence electrons. The largest absolute Gasteiger partial charge is 0.490 e. The van der Waals surface area contributed by atoms with Crippen LogP contribution in [0.15, 0.2) is 24.3 Å². The highest BCUT2D eigenvalue weighted by Gasteiger charge is 2.18. The molecule has 1 saturated carbocycles. The zero-order valence-corrected chi connectivity index (χ0v) is 11.7. The third kappa shape index (κ3) is 4.66. The van der Waals surface area contributed by atoms with Crippen LogP contribution in [0.4, 0.5) is 4.79 Å². The summed E-state index contributed by atoms with van der Waals surface area (Å²) >= 11 is 0.